The first kappa shape index (κ1) is 13.8. The molecule has 1 amide bonds. The molecular formula is C15H18ClFN2O. The van der Waals surface area contributed by atoms with E-state index in [9.17, 15) is 9.18 Å². The van der Waals surface area contributed by atoms with E-state index in [1.807, 2.05) is 4.90 Å². The van der Waals surface area contributed by atoms with Gasteiger partial charge >= 0.3 is 0 Å². The Morgan fingerprint density at radius 2 is 2.30 bits per heavy atom. The van der Waals surface area contributed by atoms with Gasteiger partial charge in [-0.3, -0.25) is 4.79 Å². The molecule has 0 radical (unpaired) electrons. The van der Waals surface area contributed by atoms with Crippen molar-refractivity contribution in [2.45, 2.75) is 19.4 Å². The van der Waals surface area contributed by atoms with Crippen molar-refractivity contribution < 1.29 is 9.18 Å². The first-order valence-corrected chi connectivity index (χ1v) is 7.46. The van der Waals surface area contributed by atoms with Crippen LogP contribution in [0.2, 0.25) is 5.02 Å². The Bertz CT molecular complexity index is 537. The number of hydrogen-bond donors (Lipinski definition) is 1. The van der Waals surface area contributed by atoms with Crippen LogP contribution in [0.15, 0.2) is 18.2 Å². The average Bonchev–Trinajstić information content (AvgIpc) is 3.00. The number of amides is 1. The summed E-state index contributed by atoms with van der Waals surface area (Å²) < 4.78 is 13.9. The highest BCUT2D eigenvalue weighted by molar-refractivity contribution is 6.31. The minimum atomic E-state index is -0.496. The molecule has 1 aromatic rings. The van der Waals surface area contributed by atoms with Crippen LogP contribution < -0.4 is 5.32 Å². The molecule has 0 aromatic heterocycles. The smallest absolute Gasteiger partial charge is 0.257 e. The number of rotatable bonds is 2. The Morgan fingerprint density at radius 1 is 1.50 bits per heavy atom. The van der Waals surface area contributed by atoms with Crippen LogP contribution in [0.4, 0.5) is 4.39 Å². The predicted molar refractivity (Wildman–Crippen MR) is 76.4 cm³/mol. The average molecular weight is 297 g/mol. The van der Waals surface area contributed by atoms with Crippen LogP contribution in [0.5, 0.6) is 0 Å². The van der Waals surface area contributed by atoms with Gasteiger partial charge in [0, 0.05) is 30.7 Å². The van der Waals surface area contributed by atoms with E-state index in [2.05, 4.69) is 12.2 Å². The molecule has 2 aliphatic rings. The minimum Gasteiger partial charge on any atom is -0.335 e. The van der Waals surface area contributed by atoms with Crippen molar-refractivity contribution in [3.8, 4) is 0 Å². The number of carbonyl (C=O) groups is 1. The SMILES string of the molecule is CCC1C2CNCC2CN1C(=O)c1cc(Cl)ccc1F. The van der Waals surface area contributed by atoms with Gasteiger partial charge in [0.25, 0.3) is 5.91 Å². The van der Waals surface area contributed by atoms with Gasteiger partial charge in [-0.2, -0.15) is 0 Å². The molecule has 0 bridgehead atoms. The molecule has 3 unspecified atom stereocenters. The van der Waals surface area contributed by atoms with E-state index in [4.69, 9.17) is 11.6 Å². The van der Waals surface area contributed by atoms with Crippen molar-refractivity contribution >= 4 is 17.5 Å². The number of benzene rings is 1. The summed E-state index contributed by atoms with van der Waals surface area (Å²) in [6, 6.07) is 4.35. The maximum atomic E-state index is 13.9. The van der Waals surface area contributed by atoms with Gasteiger partial charge in [-0.25, -0.2) is 4.39 Å². The third kappa shape index (κ3) is 2.21. The number of nitrogens with zero attached hydrogens (tertiary/aromatic N) is 1. The largest absolute Gasteiger partial charge is 0.335 e. The molecule has 1 N–H and O–H groups in total. The summed E-state index contributed by atoms with van der Waals surface area (Å²) in [5.74, 6) is 0.257. The van der Waals surface area contributed by atoms with E-state index in [1.165, 1.54) is 18.2 Å². The molecule has 3 atom stereocenters. The number of nitrogens with one attached hydrogen (secondary N) is 1. The van der Waals surface area contributed by atoms with Crippen LogP contribution in [-0.4, -0.2) is 36.5 Å². The van der Waals surface area contributed by atoms with Crippen LogP contribution in [-0.2, 0) is 0 Å². The Kier molecular flexibility index (Phi) is 3.69. The van der Waals surface area contributed by atoms with E-state index >= 15 is 0 Å². The van der Waals surface area contributed by atoms with Crippen LogP contribution in [0.3, 0.4) is 0 Å². The zero-order chi connectivity index (χ0) is 14.3. The van der Waals surface area contributed by atoms with Crippen molar-refractivity contribution in [3.05, 3.63) is 34.6 Å². The van der Waals surface area contributed by atoms with E-state index in [-0.39, 0.29) is 17.5 Å². The maximum absolute atomic E-state index is 13.9. The summed E-state index contributed by atoms with van der Waals surface area (Å²) in [6.45, 7) is 4.69. The Morgan fingerprint density at radius 3 is 3.05 bits per heavy atom. The van der Waals surface area contributed by atoms with Crippen LogP contribution in [0.1, 0.15) is 23.7 Å². The zero-order valence-electron chi connectivity index (χ0n) is 11.4. The lowest BCUT2D eigenvalue weighted by Gasteiger charge is -2.27. The molecule has 2 fully saturated rings. The lowest BCUT2D eigenvalue weighted by atomic mass is 9.93. The normalized spacial score (nSPS) is 28.8. The fraction of sp³-hybridized carbons (Fsp3) is 0.533. The summed E-state index contributed by atoms with van der Waals surface area (Å²) in [5, 5.41) is 3.77. The molecule has 0 spiro atoms. The molecule has 1 aromatic carbocycles. The molecule has 108 valence electrons. The zero-order valence-corrected chi connectivity index (χ0v) is 12.2. The molecular weight excluding hydrogens is 279 g/mol. The quantitative estimate of drug-likeness (QED) is 0.910. The number of hydrogen-bond acceptors (Lipinski definition) is 2. The van der Waals surface area contributed by atoms with E-state index < -0.39 is 5.82 Å². The summed E-state index contributed by atoms with van der Waals surface area (Å²) in [4.78, 5) is 14.5. The van der Waals surface area contributed by atoms with E-state index in [0.717, 1.165) is 19.5 Å². The molecule has 2 heterocycles. The maximum Gasteiger partial charge on any atom is 0.257 e. The first-order valence-electron chi connectivity index (χ1n) is 7.08. The third-order valence-corrected chi connectivity index (χ3v) is 4.79. The van der Waals surface area contributed by atoms with Gasteiger partial charge in [0.15, 0.2) is 0 Å². The molecule has 0 aliphatic carbocycles. The van der Waals surface area contributed by atoms with Crippen molar-refractivity contribution in [2.75, 3.05) is 19.6 Å². The second kappa shape index (κ2) is 5.34. The predicted octanol–water partition coefficient (Wildman–Crippen LogP) is 2.55. The standard InChI is InChI=1S/C15H18ClFN2O/c1-2-14-12-7-18-6-9(12)8-19(14)15(20)11-5-10(16)3-4-13(11)17/h3-5,9,12,14,18H,2,6-8H2,1H3. The van der Waals surface area contributed by atoms with Crippen molar-refractivity contribution in [2.24, 2.45) is 11.8 Å². The fourth-order valence-corrected chi connectivity index (χ4v) is 3.77. The van der Waals surface area contributed by atoms with Gasteiger partial charge in [-0.15, -0.1) is 0 Å². The number of fused-ring (bicyclic) bond motifs is 1. The van der Waals surface area contributed by atoms with Crippen LogP contribution in [0, 0.1) is 17.7 Å². The molecule has 2 saturated heterocycles. The summed E-state index contributed by atoms with van der Waals surface area (Å²) in [5.41, 5.74) is 0.0869. The molecule has 3 nitrogen and oxygen atoms in total. The van der Waals surface area contributed by atoms with E-state index in [0.29, 0.717) is 23.4 Å². The van der Waals surface area contributed by atoms with E-state index in [1.54, 1.807) is 0 Å². The summed E-state index contributed by atoms with van der Waals surface area (Å²) >= 11 is 5.89. The minimum absolute atomic E-state index is 0.0869. The molecule has 2 aliphatic heterocycles. The van der Waals surface area contributed by atoms with Gasteiger partial charge in [-0.1, -0.05) is 18.5 Å². The number of carbonyl (C=O) groups excluding carboxylic acids is 1. The number of likely N-dealkylation sites (tertiary alicyclic amines) is 1. The highest BCUT2D eigenvalue weighted by atomic mass is 35.5. The van der Waals surface area contributed by atoms with Gasteiger partial charge in [0.1, 0.15) is 5.82 Å². The molecule has 20 heavy (non-hydrogen) atoms. The molecule has 0 saturated carbocycles. The summed E-state index contributed by atoms with van der Waals surface area (Å²) in [6.07, 6.45) is 0.900. The van der Waals surface area contributed by atoms with Gasteiger partial charge in [0.05, 0.1) is 5.56 Å². The van der Waals surface area contributed by atoms with Crippen molar-refractivity contribution in [3.63, 3.8) is 0 Å². The Labute approximate surface area is 123 Å². The fourth-order valence-electron chi connectivity index (χ4n) is 3.60. The molecule has 3 rings (SSSR count). The van der Waals surface area contributed by atoms with Gasteiger partial charge < -0.3 is 10.2 Å². The highest BCUT2D eigenvalue weighted by Crippen LogP contribution is 2.35. The van der Waals surface area contributed by atoms with Crippen molar-refractivity contribution in [1.82, 2.24) is 10.2 Å². The van der Waals surface area contributed by atoms with Crippen LogP contribution >= 0.6 is 11.6 Å². The highest BCUT2D eigenvalue weighted by Gasteiger charge is 2.45. The lowest BCUT2D eigenvalue weighted by Crippen LogP contribution is -2.39. The first-order chi connectivity index (χ1) is 9.61. The molecule has 5 heteroatoms. The van der Waals surface area contributed by atoms with Crippen LogP contribution in [0.25, 0.3) is 0 Å². The summed E-state index contributed by atoms with van der Waals surface area (Å²) in [7, 11) is 0. The van der Waals surface area contributed by atoms with Gasteiger partial charge in [-0.05, 0) is 36.5 Å². The Hall–Kier alpha value is -1.13. The third-order valence-electron chi connectivity index (χ3n) is 4.56. The van der Waals surface area contributed by atoms with Gasteiger partial charge in [0.2, 0.25) is 0 Å². The topological polar surface area (TPSA) is 32.3 Å². The van der Waals surface area contributed by atoms with Crippen molar-refractivity contribution in [1.29, 1.82) is 0 Å². The Balaban J connectivity index is 1.88. The second-order valence-corrected chi connectivity index (χ2v) is 6.08. The lowest BCUT2D eigenvalue weighted by molar-refractivity contribution is 0.0707. The second-order valence-electron chi connectivity index (χ2n) is 5.64. The monoisotopic (exact) mass is 296 g/mol. The number of halogens is 2.